The molecule has 0 spiro atoms. The van der Waals surface area contributed by atoms with E-state index in [2.05, 4.69) is 0 Å². The van der Waals surface area contributed by atoms with Gasteiger partial charge in [0.25, 0.3) is 0 Å². The van der Waals surface area contributed by atoms with Gasteiger partial charge in [-0.2, -0.15) is 4.31 Å². The van der Waals surface area contributed by atoms with Gasteiger partial charge in [-0.1, -0.05) is 40.9 Å². The highest BCUT2D eigenvalue weighted by molar-refractivity contribution is 7.89. The Hall–Kier alpha value is -1.31. The van der Waals surface area contributed by atoms with Crippen LogP contribution in [-0.4, -0.2) is 32.3 Å². The molecule has 5 nitrogen and oxygen atoms in total. The quantitative estimate of drug-likeness (QED) is 0.660. The molecule has 9 heteroatoms. The lowest BCUT2D eigenvalue weighted by molar-refractivity contribution is -0.144. The Kier molecular flexibility index (Phi) is 6.71. The first-order valence-electron chi connectivity index (χ1n) is 7.01. The summed E-state index contributed by atoms with van der Waals surface area (Å²) in [5, 5.41) is 1.25. The number of hydrogen-bond donors (Lipinski definition) is 0. The van der Waals surface area contributed by atoms with E-state index in [0.717, 1.165) is 4.31 Å². The number of sulfonamides is 1. The number of carbonyl (C=O) groups excluding carboxylic acids is 1. The molecule has 0 saturated carbocycles. The van der Waals surface area contributed by atoms with Crippen LogP contribution < -0.4 is 0 Å². The predicted molar refractivity (Wildman–Crippen MR) is 97.5 cm³/mol. The summed E-state index contributed by atoms with van der Waals surface area (Å²) in [5.74, 6) is -0.703. The highest BCUT2D eigenvalue weighted by Gasteiger charge is 2.23. The van der Waals surface area contributed by atoms with Gasteiger partial charge in [0.1, 0.15) is 13.2 Å². The fourth-order valence-corrected chi connectivity index (χ4v) is 3.60. The summed E-state index contributed by atoms with van der Waals surface area (Å²) in [6.45, 7) is -0.514. The van der Waals surface area contributed by atoms with Crippen LogP contribution >= 0.6 is 34.8 Å². The van der Waals surface area contributed by atoms with Gasteiger partial charge in [-0.25, -0.2) is 8.42 Å². The fraction of sp³-hybridized carbons (Fsp3) is 0.188. The predicted octanol–water partition coefficient (Wildman–Crippen LogP) is 4.01. The number of carbonyl (C=O) groups is 1. The molecule has 134 valence electrons. The SMILES string of the molecule is CN(CC(=O)OCc1ccc(Cl)cc1Cl)S(=O)(=O)c1ccc(Cl)cc1. The van der Waals surface area contributed by atoms with Gasteiger partial charge in [-0.3, -0.25) is 4.79 Å². The zero-order chi connectivity index (χ0) is 18.6. The summed E-state index contributed by atoms with van der Waals surface area (Å²) in [6, 6.07) is 10.4. The lowest BCUT2D eigenvalue weighted by atomic mass is 10.2. The Bertz CT molecular complexity index is 869. The van der Waals surface area contributed by atoms with E-state index in [-0.39, 0.29) is 11.5 Å². The highest BCUT2D eigenvalue weighted by Crippen LogP contribution is 2.22. The van der Waals surface area contributed by atoms with Gasteiger partial charge in [0, 0.05) is 27.7 Å². The van der Waals surface area contributed by atoms with Crippen molar-refractivity contribution in [3.05, 3.63) is 63.1 Å². The van der Waals surface area contributed by atoms with E-state index < -0.39 is 22.5 Å². The van der Waals surface area contributed by atoms with Crippen molar-refractivity contribution in [2.75, 3.05) is 13.6 Å². The van der Waals surface area contributed by atoms with Crippen LogP contribution in [0.5, 0.6) is 0 Å². The molecule has 0 aliphatic heterocycles. The van der Waals surface area contributed by atoms with Gasteiger partial charge in [0.05, 0.1) is 4.90 Å². The summed E-state index contributed by atoms with van der Waals surface area (Å²) < 4.78 is 30.7. The summed E-state index contributed by atoms with van der Waals surface area (Å²) >= 11 is 17.5. The Morgan fingerprint density at radius 2 is 1.64 bits per heavy atom. The molecule has 0 saturated heterocycles. The number of halogens is 3. The maximum atomic E-state index is 12.4. The van der Waals surface area contributed by atoms with Crippen molar-refractivity contribution in [2.24, 2.45) is 0 Å². The first-order valence-corrected chi connectivity index (χ1v) is 9.59. The van der Waals surface area contributed by atoms with Gasteiger partial charge in [0.2, 0.25) is 10.0 Å². The number of rotatable bonds is 6. The third-order valence-corrected chi connectivity index (χ3v) is 5.93. The molecule has 0 heterocycles. The molecule has 2 aromatic carbocycles. The van der Waals surface area contributed by atoms with Crippen molar-refractivity contribution in [3.63, 3.8) is 0 Å². The van der Waals surface area contributed by atoms with Crippen LogP contribution in [0.4, 0.5) is 0 Å². The molecular weight excluding hydrogens is 409 g/mol. The monoisotopic (exact) mass is 421 g/mol. The van der Waals surface area contributed by atoms with E-state index in [4.69, 9.17) is 39.5 Å². The van der Waals surface area contributed by atoms with Crippen LogP contribution in [-0.2, 0) is 26.2 Å². The number of hydrogen-bond acceptors (Lipinski definition) is 4. The Morgan fingerprint density at radius 3 is 2.24 bits per heavy atom. The molecule has 0 unspecified atom stereocenters. The average molecular weight is 423 g/mol. The van der Waals surface area contributed by atoms with Crippen molar-refractivity contribution in [2.45, 2.75) is 11.5 Å². The van der Waals surface area contributed by atoms with Crippen LogP contribution in [0.3, 0.4) is 0 Å². The molecule has 0 atom stereocenters. The molecule has 0 fully saturated rings. The topological polar surface area (TPSA) is 63.7 Å². The highest BCUT2D eigenvalue weighted by atomic mass is 35.5. The molecular formula is C16H14Cl3NO4S. The molecule has 0 radical (unpaired) electrons. The van der Waals surface area contributed by atoms with Crippen LogP contribution in [0.15, 0.2) is 47.4 Å². The molecule has 0 bridgehead atoms. The molecule has 2 aromatic rings. The van der Waals surface area contributed by atoms with Gasteiger partial charge < -0.3 is 4.74 Å². The largest absolute Gasteiger partial charge is 0.460 e. The van der Waals surface area contributed by atoms with Crippen LogP contribution in [0.25, 0.3) is 0 Å². The van der Waals surface area contributed by atoms with Crippen LogP contribution in [0, 0.1) is 0 Å². The van der Waals surface area contributed by atoms with Gasteiger partial charge in [-0.15, -0.1) is 0 Å². The molecule has 0 N–H and O–H groups in total. The van der Waals surface area contributed by atoms with Gasteiger partial charge in [0.15, 0.2) is 0 Å². The first-order chi connectivity index (χ1) is 11.7. The van der Waals surface area contributed by atoms with Crippen molar-refractivity contribution in [1.29, 1.82) is 0 Å². The number of esters is 1. The summed E-state index contributed by atoms with van der Waals surface area (Å²) in [7, 11) is -2.53. The average Bonchev–Trinajstić information content (AvgIpc) is 2.54. The van der Waals surface area contributed by atoms with Crippen LogP contribution in [0.1, 0.15) is 5.56 Å². The molecule has 25 heavy (non-hydrogen) atoms. The van der Waals surface area contributed by atoms with E-state index in [1.807, 2.05) is 0 Å². The van der Waals surface area contributed by atoms with Crippen molar-refractivity contribution < 1.29 is 17.9 Å². The minimum atomic E-state index is -3.82. The lowest BCUT2D eigenvalue weighted by Crippen LogP contribution is -2.33. The smallest absolute Gasteiger partial charge is 0.321 e. The Balaban J connectivity index is 1.98. The molecule has 0 aliphatic rings. The van der Waals surface area contributed by atoms with Crippen molar-refractivity contribution >= 4 is 50.8 Å². The molecule has 0 aliphatic carbocycles. The zero-order valence-corrected chi connectivity index (χ0v) is 16.2. The normalized spacial score (nSPS) is 11.6. The minimum Gasteiger partial charge on any atom is -0.460 e. The maximum Gasteiger partial charge on any atom is 0.321 e. The van der Waals surface area contributed by atoms with Crippen molar-refractivity contribution in [1.82, 2.24) is 4.31 Å². The number of nitrogens with zero attached hydrogens (tertiary/aromatic N) is 1. The molecule has 2 rings (SSSR count). The Morgan fingerprint density at radius 1 is 1.04 bits per heavy atom. The third kappa shape index (κ3) is 5.33. The molecule has 0 aromatic heterocycles. The number of ether oxygens (including phenoxy) is 1. The fourth-order valence-electron chi connectivity index (χ4n) is 1.90. The number of likely N-dealkylation sites (N-methyl/N-ethyl adjacent to an activating group) is 1. The van der Waals surface area contributed by atoms with Crippen molar-refractivity contribution in [3.8, 4) is 0 Å². The standard InChI is InChI=1S/C16H14Cl3NO4S/c1-20(25(22,23)14-6-4-12(17)5-7-14)9-16(21)24-10-11-2-3-13(18)8-15(11)19/h2-8H,9-10H2,1H3. The van der Waals surface area contributed by atoms with Gasteiger partial charge >= 0.3 is 5.97 Å². The van der Waals surface area contributed by atoms with Crippen LogP contribution in [0.2, 0.25) is 15.1 Å². The second-order valence-corrected chi connectivity index (χ2v) is 8.44. The second-order valence-electron chi connectivity index (χ2n) is 5.11. The molecule has 0 amide bonds. The third-order valence-electron chi connectivity index (χ3n) is 3.28. The van der Waals surface area contributed by atoms with E-state index in [0.29, 0.717) is 20.6 Å². The number of benzene rings is 2. The lowest BCUT2D eigenvalue weighted by Gasteiger charge is -2.16. The Labute approximate surface area is 161 Å². The summed E-state index contributed by atoms with van der Waals surface area (Å²) in [4.78, 5) is 12.0. The summed E-state index contributed by atoms with van der Waals surface area (Å²) in [6.07, 6.45) is 0. The second kappa shape index (κ2) is 8.38. The van der Waals surface area contributed by atoms with E-state index in [1.54, 1.807) is 12.1 Å². The van der Waals surface area contributed by atoms with E-state index in [1.165, 1.54) is 37.4 Å². The van der Waals surface area contributed by atoms with Gasteiger partial charge in [-0.05, 0) is 36.4 Å². The zero-order valence-electron chi connectivity index (χ0n) is 13.1. The van der Waals surface area contributed by atoms with E-state index in [9.17, 15) is 13.2 Å². The first kappa shape index (κ1) is 20.0. The minimum absolute atomic E-state index is 0.0351. The van der Waals surface area contributed by atoms with E-state index >= 15 is 0 Å². The maximum absolute atomic E-state index is 12.4. The summed E-state index contributed by atoms with van der Waals surface area (Å²) in [5.41, 5.74) is 0.572.